The van der Waals surface area contributed by atoms with Crippen molar-refractivity contribution in [1.82, 2.24) is 5.32 Å². The summed E-state index contributed by atoms with van der Waals surface area (Å²) in [6, 6.07) is 0.469. The third-order valence-electron chi connectivity index (χ3n) is 6.03. The highest BCUT2D eigenvalue weighted by atomic mass is 35.5. The number of hydrogen-bond acceptors (Lipinski definition) is 2. The Hall–Kier alpha value is 0.210. The van der Waals surface area contributed by atoms with Crippen LogP contribution in [0.2, 0.25) is 0 Å². The van der Waals surface area contributed by atoms with Crippen LogP contribution < -0.4 is 5.32 Å². The van der Waals surface area contributed by atoms with Crippen LogP contribution in [0, 0.1) is 23.7 Å². The fourth-order valence-corrected chi connectivity index (χ4v) is 6.44. The van der Waals surface area contributed by atoms with Gasteiger partial charge in [-0.25, -0.2) is 0 Å². The first-order valence-corrected chi connectivity index (χ1v) is 8.07. The second-order valence-corrected chi connectivity index (χ2v) is 8.00. The van der Waals surface area contributed by atoms with E-state index in [1.807, 2.05) is 0 Å². The Morgan fingerprint density at radius 2 is 1.89 bits per heavy atom. The highest BCUT2D eigenvalue weighted by Gasteiger charge is 2.59. The van der Waals surface area contributed by atoms with Crippen molar-refractivity contribution in [1.29, 1.82) is 0 Å². The number of hydrogen-bond donors (Lipinski definition) is 1. The summed E-state index contributed by atoms with van der Waals surface area (Å²) >= 11 is 7.09. The topological polar surface area (TPSA) is 21.3 Å². The van der Waals surface area contributed by atoms with E-state index in [4.69, 9.17) is 16.3 Å². The minimum Gasteiger partial charge on any atom is -0.375 e. The molecule has 4 saturated carbocycles. The highest BCUT2D eigenvalue weighted by Crippen LogP contribution is 2.62. The molecular weight excluding hydrogens is 246 g/mol. The number of ether oxygens (including phenoxy) is 1. The van der Waals surface area contributed by atoms with Gasteiger partial charge in [-0.1, -0.05) is 0 Å². The van der Waals surface area contributed by atoms with E-state index in [0.29, 0.717) is 18.1 Å². The van der Waals surface area contributed by atoms with Gasteiger partial charge in [0.1, 0.15) is 0 Å². The predicted molar refractivity (Wildman–Crippen MR) is 72.8 cm³/mol. The SMILES string of the molecule is CC1NCCOC1C1C2CC3CC(C2)CC1(Cl)C3. The van der Waals surface area contributed by atoms with Gasteiger partial charge in [-0.05, 0) is 56.8 Å². The van der Waals surface area contributed by atoms with Crippen molar-refractivity contribution in [3.63, 3.8) is 0 Å². The van der Waals surface area contributed by atoms with E-state index in [1.165, 1.54) is 32.1 Å². The van der Waals surface area contributed by atoms with Crippen LogP contribution in [0.5, 0.6) is 0 Å². The molecule has 0 amide bonds. The lowest BCUT2D eigenvalue weighted by molar-refractivity contribution is -0.120. The van der Waals surface area contributed by atoms with Crippen LogP contribution in [0.3, 0.4) is 0 Å². The average molecular weight is 270 g/mol. The Labute approximate surface area is 115 Å². The largest absolute Gasteiger partial charge is 0.375 e. The summed E-state index contributed by atoms with van der Waals surface area (Å²) in [4.78, 5) is 0.0622. The molecule has 5 rings (SSSR count). The van der Waals surface area contributed by atoms with Gasteiger partial charge >= 0.3 is 0 Å². The molecule has 0 spiro atoms. The predicted octanol–water partition coefficient (Wildman–Crippen LogP) is 2.80. The zero-order valence-electron chi connectivity index (χ0n) is 11.2. The first kappa shape index (κ1) is 12.0. The summed E-state index contributed by atoms with van der Waals surface area (Å²) in [5, 5.41) is 3.57. The Morgan fingerprint density at radius 3 is 2.50 bits per heavy atom. The third-order valence-corrected chi connectivity index (χ3v) is 6.59. The fraction of sp³-hybridized carbons (Fsp3) is 1.00. The smallest absolute Gasteiger partial charge is 0.0773 e. The molecule has 5 aliphatic rings. The standard InChI is InChI=1S/C15H24ClNO/c1-9-14(18-3-2-17-9)13-12-5-10-4-11(6-12)8-15(13,16)7-10/h9-14,17H,2-8H2,1H3. The Kier molecular flexibility index (Phi) is 2.73. The molecule has 0 radical (unpaired) electrons. The fourth-order valence-electron chi connectivity index (χ4n) is 5.70. The first-order valence-electron chi connectivity index (χ1n) is 7.69. The van der Waals surface area contributed by atoms with Gasteiger partial charge in [0, 0.05) is 18.5 Å². The van der Waals surface area contributed by atoms with E-state index in [2.05, 4.69) is 12.2 Å². The normalized spacial score (nSPS) is 59.0. The maximum atomic E-state index is 7.09. The summed E-state index contributed by atoms with van der Waals surface area (Å²) in [7, 11) is 0. The van der Waals surface area contributed by atoms with Crippen LogP contribution in [-0.4, -0.2) is 30.2 Å². The van der Waals surface area contributed by atoms with Gasteiger partial charge in [-0.2, -0.15) is 0 Å². The van der Waals surface area contributed by atoms with Gasteiger partial charge < -0.3 is 10.1 Å². The van der Waals surface area contributed by atoms with Crippen LogP contribution in [0.15, 0.2) is 0 Å². The van der Waals surface area contributed by atoms with Crippen molar-refractivity contribution in [3.05, 3.63) is 0 Å². The van der Waals surface area contributed by atoms with Gasteiger partial charge in [0.15, 0.2) is 0 Å². The van der Waals surface area contributed by atoms with Gasteiger partial charge in [0.05, 0.1) is 17.6 Å². The zero-order valence-corrected chi connectivity index (χ0v) is 12.0. The lowest BCUT2D eigenvalue weighted by atomic mass is 9.50. The Bertz CT molecular complexity index is 333. The highest BCUT2D eigenvalue weighted by molar-refractivity contribution is 6.24. The molecule has 3 heteroatoms. The van der Waals surface area contributed by atoms with Crippen LogP contribution in [0.1, 0.15) is 39.0 Å². The van der Waals surface area contributed by atoms with E-state index >= 15 is 0 Å². The number of alkyl halides is 1. The van der Waals surface area contributed by atoms with E-state index in [0.717, 1.165) is 30.9 Å². The summed E-state index contributed by atoms with van der Waals surface area (Å²) in [6.07, 6.45) is 7.14. The van der Waals surface area contributed by atoms with Crippen LogP contribution >= 0.6 is 11.6 Å². The summed E-state index contributed by atoms with van der Waals surface area (Å²) in [5.41, 5.74) is 0. The Balaban J connectivity index is 1.63. The quantitative estimate of drug-likeness (QED) is 0.739. The van der Waals surface area contributed by atoms with E-state index in [9.17, 15) is 0 Å². The van der Waals surface area contributed by atoms with Gasteiger partial charge in [0.25, 0.3) is 0 Å². The summed E-state index contributed by atoms with van der Waals surface area (Å²) in [5.74, 6) is 3.27. The van der Waals surface area contributed by atoms with Crippen molar-refractivity contribution in [2.45, 2.75) is 56.0 Å². The van der Waals surface area contributed by atoms with Crippen LogP contribution in [0.25, 0.3) is 0 Å². The van der Waals surface area contributed by atoms with Crippen LogP contribution in [0.4, 0.5) is 0 Å². The molecule has 1 N–H and O–H groups in total. The monoisotopic (exact) mass is 269 g/mol. The molecule has 1 saturated heterocycles. The zero-order chi connectivity index (χ0) is 12.3. The molecule has 102 valence electrons. The number of nitrogens with one attached hydrogen (secondary N) is 1. The average Bonchev–Trinajstić information content (AvgIpc) is 2.29. The molecule has 5 fully saturated rings. The van der Waals surface area contributed by atoms with E-state index < -0.39 is 0 Å². The molecule has 5 atom stereocenters. The van der Waals surface area contributed by atoms with Crippen molar-refractivity contribution in [3.8, 4) is 0 Å². The molecule has 0 aromatic carbocycles. The van der Waals surface area contributed by atoms with E-state index in [-0.39, 0.29) is 4.87 Å². The second-order valence-electron chi connectivity index (χ2n) is 7.25. The molecular formula is C15H24ClNO. The van der Waals surface area contributed by atoms with Gasteiger partial charge in [-0.3, -0.25) is 0 Å². The molecule has 2 nitrogen and oxygen atoms in total. The Morgan fingerprint density at radius 1 is 1.17 bits per heavy atom. The lowest BCUT2D eigenvalue weighted by Crippen LogP contribution is -2.63. The van der Waals surface area contributed by atoms with E-state index in [1.54, 1.807) is 0 Å². The molecule has 0 aromatic heterocycles. The summed E-state index contributed by atoms with van der Waals surface area (Å²) in [6.45, 7) is 4.13. The third kappa shape index (κ3) is 1.68. The molecule has 18 heavy (non-hydrogen) atoms. The molecule has 1 aliphatic heterocycles. The number of morpholine rings is 1. The van der Waals surface area contributed by atoms with Crippen molar-refractivity contribution in [2.75, 3.05) is 13.2 Å². The van der Waals surface area contributed by atoms with Crippen molar-refractivity contribution in [2.24, 2.45) is 23.7 Å². The van der Waals surface area contributed by atoms with Crippen molar-refractivity contribution >= 4 is 11.6 Å². The number of rotatable bonds is 1. The molecule has 1 heterocycles. The molecule has 4 bridgehead atoms. The molecule has 4 aliphatic carbocycles. The van der Waals surface area contributed by atoms with Crippen LogP contribution in [-0.2, 0) is 4.74 Å². The second kappa shape index (κ2) is 4.10. The molecule has 5 unspecified atom stereocenters. The maximum absolute atomic E-state index is 7.09. The number of halogens is 1. The summed E-state index contributed by atoms with van der Waals surface area (Å²) < 4.78 is 6.13. The first-order chi connectivity index (χ1) is 8.66. The van der Waals surface area contributed by atoms with Gasteiger partial charge in [0.2, 0.25) is 0 Å². The van der Waals surface area contributed by atoms with Crippen molar-refractivity contribution < 1.29 is 4.74 Å². The minimum absolute atomic E-state index is 0.0622. The molecule has 0 aromatic rings. The minimum atomic E-state index is 0.0622. The van der Waals surface area contributed by atoms with Gasteiger partial charge in [-0.15, -0.1) is 11.6 Å². The maximum Gasteiger partial charge on any atom is 0.0773 e. The lowest BCUT2D eigenvalue weighted by Gasteiger charge is -2.61.